The highest BCUT2D eigenvalue weighted by atomic mass is 15.1. The Hall–Kier alpha value is -2.10. The molecule has 2 aromatic rings. The predicted octanol–water partition coefficient (Wildman–Crippen LogP) is 3.14. The van der Waals surface area contributed by atoms with E-state index in [2.05, 4.69) is 58.7 Å². The van der Waals surface area contributed by atoms with Crippen molar-refractivity contribution in [2.75, 3.05) is 17.2 Å². The molecule has 2 N–H and O–H groups in total. The molecule has 0 aliphatic rings. The van der Waals surface area contributed by atoms with Gasteiger partial charge in [-0.15, -0.1) is 0 Å². The maximum atomic E-state index is 4.29. The molecule has 100 valence electrons. The Morgan fingerprint density at radius 1 is 0.947 bits per heavy atom. The summed E-state index contributed by atoms with van der Waals surface area (Å²) in [6.07, 6.45) is 1.59. The highest BCUT2D eigenvalue weighted by Gasteiger charge is 2.05. The second-order valence-corrected chi connectivity index (χ2v) is 4.57. The molecule has 0 spiro atoms. The quantitative estimate of drug-likeness (QED) is 0.863. The molecule has 0 aliphatic heterocycles. The van der Waals surface area contributed by atoms with Crippen molar-refractivity contribution in [3.05, 3.63) is 47.3 Å². The first-order valence-electron chi connectivity index (χ1n) is 6.55. The molecule has 0 saturated heterocycles. The molecule has 1 aromatic heterocycles. The number of hydrogen-bond donors (Lipinski definition) is 2. The molecule has 19 heavy (non-hydrogen) atoms. The van der Waals surface area contributed by atoms with Gasteiger partial charge in [-0.2, -0.15) is 0 Å². The number of aryl methyl sites for hydroxylation is 1. The standard InChI is InChI=1S/C15H20N4/c1-4-16-14-12(3)15(19-10-18-14)17-9-13-7-5-11(2)6-8-13/h5-8,10H,4,9H2,1-3H3,(H2,16,17,18,19). The lowest BCUT2D eigenvalue weighted by Gasteiger charge is -2.12. The molecule has 0 aliphatic carbocycles. The van der Waals surface area contributed by atoms with E-state index in [9.17, 15) is 0 Å². The number of anilines is 2. The Morgan fingerprint density at radius 2 is 1.58 bits per heavy atom. The molecule has 2 rings (SSSR count). The smallest absolute Gasteiger partial charge is 0.134 e. The zero-order valence-corrected chi connectivity index (χ0v) is 11.7. The van der Waals surface area contributed by atoms with Crippen molar-refractivity contribution in [2.24, 2.45) is 0 Å². The Balaban J connectivity index is 2.07. The van der Waals surface area contributed by atoms with Crippen LogP contribution < -0.4 is 10.6 Å². The molecule has 1 heterocycles. The van der Waals surface area contributed by atoms with Gasteiger partial charge < -0.3 is 10.6 Å². The lowest BCUT2D eigenvalue weighted by atomic mass is 10.1. The second-order valence-electron chi connectivity index (χ2n) is 4.57. The van der Waals surface area contributed by atoms with Crippen molar-refractivity contribution in [1.82, 2.24) is 9.97 Å². The first-order valence-corrected chi connectivity index (χ1v) is 6.55. The topological polar surface area (TPSA) is 49.8 Å². The van der Waals surface area contributed by atoms with Crippen molar-refractivity contribution in [2.45, 2.75) is 27.3 Å². The van der Waals surface area contributed by atoms with E-state index in [4.69, 9.17) is 0 Å². The third kappa shape index (κ3) is 3.44. The van der Waals surface area contributed by atoms with E-state index < -0.39 is 0 Å². The summed E-state index contributed by atoms with van der Waals surface area (Å²) in [4.78, 5) is 8.52. The molecule has 0 amide bonds. The molecule has 0 bridgehead atoms. The summed E-state index contributed by atoms with van der Waals surface area (Å²) in [6, 6.07) is 8.50. The van der Waals surface area contributed by atoms with Crippen molar-refractivity contribution < 1.29 is 0 Å². The van der Waals surface area contributed by atoms with Crippen molar-refractivity contribution in [3.63, 3.8) is 0 Å². The van der Waals surface area contributed by atoms with Gasteiger partial charge in [0.25, 0.3) is 0 Å². The van der Waals surface area contributed by atoms with Gasteiger partial charge in [0, 0.05) is 18.7 Å². The fraction of sp³-hybridized carbons (Fsp3) is 0.333. The van der Waals surface area contributed by atoms with Crippen LogP contribution >= 0.6 is 0 Å². The minimum absolute atomic E-state index is 0.768. The zero-order chi connectivity index (χ0) is 13.7. The minimum Gasteiger partial charge on any atom is -0.370 e. The van der Waals surface area contributed by atoms with Crippen LogP contribution in [0.4, 0.5) is 11.6 Å². The predicted molar refractivity (Wildman–Crippen MR) is 79.4 cm³/mol. The van der Waals surface area contributed by atoms with Gasteiger partial charge >= 0.3 is 0 Å². The van der Waals surface area contributed by atoms with E-state index in [0.29, 0.717) is 0 Å². The molecule has 0 unspecified atom stereocenters. The van der Waals surface area contributed by atoms with Crippen LogP contribution in [-0.4, -0.2) is 16.5 Å². The number of rotatable bonds is 5. The van der Waals surface area contributed by atoms with Gasteiger partial charge in [0.05, 0.1) is 0 Å². The third-order valence-corrected chi connectivity index (χ3v) is 3.01. The van der Waals surface area contributed by atoms with Gasteiger partial charge in [0.2, 0.25) is 0 Å². The zero-order valence-electron chi connectivity index (χ0n) is 11.7. The molecule has 4 heteroatoms. The average Bonchev–Trinajstić information content (AvgIpc) is 2.42. The number of aromatic nitrogens is 2. The molecular formula is C15H20N4. The van der Waals surface area contributed by atoms with Crippen LogP contribution in [0.15, 0.2) is 30.6 Å². The Morgan fingerprint density at radius 3 is 2.21 bits per heavy atom. The lowest BCUT2D eigenvalue weighted by Crippen LogP contribution is -2.08. The Labute approximate surface area is 114 Å². The van der Waals surface area contributed by atoms with Gasteiger partial charge in [0.15, 0.2) is 0 Å². The van der Waals surface area contributed by atoms with Gasteiger partial charge in [0.1, 0.15) is 18.0 Å². The van der Waals surface area contributed by atoms with Crippen LogP contribution in [0.25, 0.3) is 0 Å². The van der Waals surface area contributed by atoms with Crippen LogP contribution in [-0.2, 0) is 6.54 Å². The van der Waals surface area contributed by atoms with Gasteiger partial charge in [-0.1, -0.05) is 29.8 Å². The fourth-order valence-electron chi connectivity index (χ4n) is 1.87. The van der Waals surface area contributed by atoms with Crippen LogP contribution in [0, 0.1) is 13.8 Å². The summed E-state index contributed by atoms with van der Waals surface area (Å²) < 4.78 is 0. The Bertz CT molecular complexity index is 534. The Kier molecular flexibility index (Phi) is 4.34. The maximum absolute atomic E-state index is 4.29. The van der Waals surface area contributed by atoms with Crippen LogP contribution in [0.1, 0.15) is 23.6 Å². The third-order valence-electron chi connectivity index (χ3n) is 3.01. The largest absolute Gasteiger partial charge is 0.370 e. The highest BCUT2D eigenvalue weighted by Crippen LogP contribution is 2.18. The summed E-state index contributed by atoms with van der Waals surface area (Å²) >= 11 is 0. The van der Waals surface area contributed by atoms with Gasteiger partial charge in [-0.25, -0.2) is 9.97 Å². The molecular weight excluding hydrogens is 236 g/mol. The molecule has 4 nitrogen and oxygen atoms in total. The second kappa shape index (κ2) is 6.18. The first kappa shape index (κ1) is 13.3. The van der Waals surface area contributed by atoms with Crippen LogP contribution in [0.3, 0.4) is 0 Å². The monoisotopic (exact) mass is 256 g/mol. The number of nitrogens with zero attached hydrogens (tertiary/aromatic N) is 2. The molecule has 0 atom stereocenters. The van der Waals surface area contributed by atoms with Crippen molar-refractivity contribution >= 4 is 11.6 Å². The highest BCUT2D eigenvalue weighted by molar-refractivity contribution is 5.56. The van der Waals surface area contributed by atoms with Crippen LogP contribution in [0.2, 0.25) is 0 Å². The summed E-state index contributed by atoms with van der Waals surface area (Å²) in [6.45, 7) is 7.80. The molecule has 0 saturated carbocycles. The van der Waals surface area contributed by atoms with E-state index in [1.165, 1.54) is 11.1 Å². The van der Waals surface area contributed by atoms with Gasteiger partial charge in [-0.05, 0) is 26.3 Å². The molecule has 0 radical (unpaired) electrons. The minimum atomic E-state index is 0.768. The molecule has 1 aromatic carbocycles. The van der Waals surface area contributed by atoms with E-state index in [1.807, 2.05) is 6.92 Å². The number of nitrogens with one attached hydrogen (secondary N) is 2. The number of hydrogen-bond acceptors (Lipinski definition) is 4. The lowest BCUT2D eigenvalue weighted by molar-refractivity contribution is 1.04. The first-order chi connectivity index (χ1) is 9.20. The summed E-state index contributed by atoms with van der Waals surface area (Å²) in [5.74, 6) is 1.77. The van der Waals surface area contributed by atoms with Crippen molar-refractivity contribution in [1.29, 1.82) is 0 Å². The SMILES string of the molecule is CCNc1ncnc(NCc2ccc(C)cc2)c1C. The normalized spacial score (nSPS) is 10.3. The fourth-order valence-corrected chi connectivity index (χ4v) is 1.87. The summed E-state index contributed by atoms with van der Waals surface area (Å²) in [7, 11) is 0. The van der Waals surface area contributed by atoms with Gasteiger partial charge in [-0.3, -0.25) is 0 Å². The van der Waals surface area contributed by atoms with E-state index in [-0.39, 0.29) is 0 Å². The summed E-state index contributed by atoms with van der Waals surface area (Å²) in [5, 5.41) is 6.59. The van der Waals surface area contributed by atoms with E-state index >= 15 is 0 Å². The van der Waals surface area contributed by atoms with Crippen molar-refractivity contribution in [3.8, 4) is 0 Å². The number of benzene rings is 1. The molecule has 0 fully saturated rings. The van der Waals surface area contributed by atoms with E-state index in [0.717, 1.165) is 30.3 Å². The van der Waals surface area contributed by atoms with Crippen LogP contribution in [0.5, 0.6) is 0 Å². The summed E-state index contributed by atoms with van der Waals surface area (Å²) in [5.41, 5.74) is 3.57. The maximum Gasteiger partial charge on any atom is 0.134 e. The average molecular weight is 256 g/mol. The van der Waals surface area contributed by atoms with E-state index in [1.54, 1.807) is 6.33 Å².